The first-order chi connectivity index (χ1) is 13.9. The molecule has 0 unspecified atom stereocenters. The highest BCUT2D eigenvalue weighted by atomic mass is 35.5. The zero-order valence-corrected chi connectivity index (χ0v) is 16.3. The van der Waals surface area contributed by atoms with Crippen molar-refractivity contribution in [1.29, 1.82) is 0 Å². The maximum absolute atomic E-state index is 13.2. The number of carbonyl (C=O) groups excluding carboxylic acids is 2. The van der Waals surface area contributed by atoms with Crippen molar-refractivity contribution in [2.24, 2.45) is 0 Å². The molecule has 0 atom stereocenters. The fraction of sp³-hybridized carbons (Fsp3) is 0.105. The number of amides is 2. The Kier molecular flexibility index (Phi) is 6.69. The molecule has 3 rings (SSSR count). The Morgan fingerprint density at radius 1 is 0.862 bits per heavy atom. The number of nitrogens with zero attached hydrogens (tertiary/aromatic N) is 3. The number of benzene rings is 1. The topological polar surface area (TPSA) is 96.9 Å². The van der Waals surface area contributed by atoms with Gasteiger partial charge in [-0.1, -0.05) is 29.3 Å². The van der Waals surface area contributed by atoms with E-state index in [0.717, 1.165) is 11.9 Å². The van der Waals surface area contributed by atoms with Crippen molar-refractivity contribution in [3.63, 3.8) is 0 Å². The molecule has 0 spiro atoms. The van der Waals surface area contributed by atoms with Gasteiger partial charge in [-0.2, -0.15) is 0 Å². The average Bonchev–Trinajstić information content (AvgIpc) is 2.72. The van der Waals surface area contributed by atoms with Gasteiger partial charge in [-0.05, 0) is 35.4 Å². The average molecular weight is 434 g/mol. The molecule has 7 nitrogen and oxygen atoms in total. The molecule has 2 N–H and O–H groups in total. The minimum atomic E-state index is -0.540. The largest absolute Gasteiger partial charge is 0.347 e. The Labute approximate surface area is 175 Å². The highest BCUT2D eigenvalue weighted by Gasteiger charge is 2.13. The predicted molar refractivity (Wildman–Crippen MR) is 105 cm³/mol. The quantitative estimate of drug-likeness (QED) is 0.581. The van der Waals surface area contributed by atoms with Crippen LogP contribution in [0.25, 0.3) is 0 Å². The smallest absolute Gasteiger partial charge is 0.270 e. The van der Waals surface area contributed by atoms with Crippen LogP contribution in [0.4, 0.5) is 4.39 Å². The molecular weight excluding hydrogens is 420 g/mol. The van der Waals surface area contributed by atoms with Gasteiger partial charge >= 0.3 is 0 Å². The molecule has 29 heavy (non-hydrogen) atoms. The predicted octanol–water partition coefficient (Wildman–Crippen LogP) is 3.18. The lowest BCUT2D eigenvalue weighted by Crippen LogP contribution is -2.27. The van der Waals surface area contributed by atoms with E-state index in [4.69, 9.17) is 23.2 Å². The molecule has 0 saturated carbocycles. The van der Waals surface area contributed by atoms with Gasteiger partial charge in [0.25, 0.3) is 11.8 Å². The first-order valence-electron chi connectivity index (χ1n) is 8.35. The lowest BCUT2D eigenvalue weighted by Gasteiger charge is -2.08. The summed E-state index contributed by atoms with van der Waals surface area (Å²) in [5.74, 6) is -1.52. The molecule has 148 valence electrons. The Balaban J connectivity index is 1.61. The Morgan fingerprint density at radius 2 is 1.48 bits per heavy atom. The molecule has 0 aliphatic carbocycles. The Hall–Kier alpha value is -3.10. The highest BCUT2D eigenvalue weighted by molar-refractivity contribution is 6.30. The summed E-state index contributed by atoms with van der Waals surface area (Å²) in [6, 6.07) is 8.76. The molecule has 0 radical (unpaired) electrons. The summed E-state index contributed by atoms with van der Waals surface area (Å²) in [6.07, 6.45) is 2.66. The van der Waals surface area contributed by atoms with Crippen LogP contribution in [0.15, 0.2) is 48.9 Å². The molecule has 2 amide bonds. The van der Waals surface area contributed by atoms with Gasteiger partial charge in [0.2, 0.25) is 0 Å². The minimum absolute atomic E-state index is 0.0188. The second kappa shape index (κ2) is 9.40. The van der Waals surface area contributed by atoms with E-state index >= 15 is 0 Å². The number of nitrogens with one attached hydrogen (secondary N) is 2. The normalized spacial score (nSPS) is 10.4. The van der Waals surface area contributed by atoms with Gasteiger partial charge in [0.05, 0.1) is 5.02 Å². The maximum Gasteiger partial charge on any atom is 0.270 e. The van der Waals surface area contributed by atoms with E-state index in [9.17, 15) is 14.0 Å². The van der Waals surface area contributed by atoms with Gasteiger partial charge in [0.1, 0.15) is 28.7 Å². The maximum atomic E-state index is 13.2. The third-order valence-electron chi connectivity index (χ3n) is 3.81. The SMILES string of the molecule is O=C(NCc1ccnc(Cl)c1)c1cc(C(=O)NCc2ccc(F)c(Cl)c2)ncn1. The fourth-order valence-electron chi connectivity index (χ4n) is 2.35. The summed E-state index contributed by atoms with van der Waals surface area (Å²) in [7, 11) is 0. The van der Waals surface area contributed by atoms with Crippen molar-refractivity contribution >= 4 is 35.0 Å². The van der Waals surface area contributed by atoms with Crippen molar-refractivity contribution in [1.82, 2.24) is 25.6 Å². The molecule has 0 bridgehead atoms. The second-order valence-corrected chi connectivity index (χ2v) is 6.68. The minimum Gasteiger partial charge on any atom is -0.347 e. The van der Waals surface area contributed by atoms with Crippen LogP contribution >= 0.6 is 23.2 Å². The van der Waals surface area contributed by atoms with Crippen LogP contribution in [0, 0.1) is 5.82 Å². The van der Waals surface area contributed by atoms with Gasteiger partial charge in [-0.25, -0.2) is 19.3 Å². The van der Waals surface area contributed by atoms with Gasteiger partial charge in [-0.3, -0.25) is 9.59 Å². The van der Waals surface area contributed by atoms with E-state index in [1.165, 1.54) is 30.5 Å². The third-order valence-corrected chi connectivity index (χ3v) is 4.31. The zero-order valence-electron chi connectivity index (χ0n) is 14.8. The monoisotopic (exact) mass is 433 g/mol. The number of rotatable bonds is 6. The third kappa shape index (κ3) is 5.69. The number of aromatic nitrogens is 3. The number of carbonyl (C=O) groups is 2. The van der Waals surface area contributed by atoms with E-state index < -0.39 is 17.6 Å². The van der Waals surface area contributed by atoms with Gasteiger partial charge in [-0.15, -0.1) is 0 Å². The summed E-state index contributed by atoms with van der Waals surface area (Å²) in [6.45, 7) is 0.338. The molecule has 0 fully saturated rings. The Bertz CT molecular complexity index is 1060. The van der Waals surface area contributed by atoms with Gasteiger partial charge in [0.15, 0.2) is 0 Å². The van der Waals surface area contributed by atoms with Crippen molar-refractivity contribution in [2.75, 3.05) is 0 Å². The summed E-state index contributed by atoms with van der Waals surface area (Å²) in [4.78, 5) is 36.2. The van der Waals surface area contributed by atoms with Crippen LogP contribution in [-0.2, 0) is 13.1 Å². The molecule has 2 aromatic heterocycles. The van der Waals surface area contributed by atoms with Crippen LogP contribution in [0.3, 0.4) is 0 Å². The van der Waals surface area contributed by atoms with Crippen molar-refractivity contribution in [3.05, 3.63) is 87.4 Å². The van der Waals surface area contributed by atoms with Crippen LogP contribution in [0.1, 0.15) is 32.1 Å². The van der Waals surface area contributed by atoms with Crippen LogP contribution in [0.2, 0.25) is 10.2 Å². The first kappa shape index (κ1) is 20.6. The fourth-order valence-corrected chi connectivity index (χ4v) is 2.75. The first-order valence-corrected chi connectivity index (χ1v) is 9.11. The summed E-state index contributed by atoms with van der Waals surface area (Å²) >= 11 is 11.5. The van der Waals surface area contributed by atoms with Gasteiger partial charge in [0, 0.05) is 25.4 Å². The standard InChI is InChI=1S/C19H14Cl2FN5O2/c20-13-5-11(1-2-14(13)22)8-24-18(28)15-7-16(27-10-26-15)19(29)25-9-12-3-4-23-17(21)6-12/h1-7,10H,8-9H2,(H,24,28)(H,25,29). The van der Waals surface area contributed by atoms with E-state index in [0.29, 0.717) is 10.7 Å². The molecule has 0 aliphatic rings. The van der Waals surface area contributed by atoms with E-state index in [1.807, 2.05) is 0 Å². The molecule has 3 aromatic rings. The van der Waals surface area contributed by atoms with Crippen LogP contribution < -0.4 is 10.6 Å². The van der Waals surface area contributed by atoms with Crippen molar-refractivity contribution in [3.8, 4) is 0 Å². The number of hydrogen-bond acceptors (Lipinski definition) is 5. The van der Waals surface area contributed by atoms with Crippen LogP contribution in [-0.4, -0.2) is 26.8 Å². The second-order valence-electron chi connectivity index (χ2n) is 5.89. The molecule has 10 heteroatoms. The number of pyridine rings is 1. The summed E-state index contributed by atoms with van der Waals surface area (Å²) < 4.78 is 13.2. The lowest BCUT2D eigenvalue weighted by atomic mass is 10.2. The zero-order chi connectivity index (χ0) is 20.8. The molecule has 0 aliphatic heterocycles. The molecule has 1 aromatic carbocycles. The summed E-state index contributed by atoms with van der Waals surface area (Å²) in [5, 5.41) is 5.59. The van der Waals surface area contributed by atoms with Gasteiger partial charge < -0.3 is 10.6 Å². The lowest BCUT2D eigenvalue weighted by molar-refractivity contribution is 0.0944. The van der Waals surface area contributed by atoms with E-state index in [1.54, 1.807) is 12.1 Å². The molecular formula is C19H14Cl2FN5O2. The number of halogens is 3. The highest BCUT2D eigenvalue weighted by Crippen LogP contribution is 2.16. The number of hydrogen-bond donors (Lipinski definition) is 2. The van der Waals surface area contributed by atoms with Crippen molar-refractivity contribution in [2.45, 2.75) is 13.1 Å². The van der Waals surface area contributed by atoms with E-state index in [2.05, 4.69) is 25.6 Å². The van der Waals surface area contributed by atoms with E-state index in [-0.39, 0.29) is 29.5 Å². The van der Waals surface area contributed by atoms with Crippen LogP contribution in [0.5, 0.6) is 0 Å². The Morgan fingerprint density at radius 3 is 2.07 bits per heavy atom. The van der Waals surface area contributed by atoms with Crippen molar-refractivity contribution < 1.29 is 14.0 Å². The summed E-state index contributed by atoms with van der Waals surface area (Å²) in [5.41, 5.74) is 1.44. The molecule has 0 saturated heterocycles. The molecule has 2 heterocycles.